The van der Waals surface area contributed by atoms with Crippen molar-refractivity contribution in [3.63, 3.8) is 0 Å². The Kier molecular flexibility index (Phi) is 12.7. The smallest absolute Gasteiger partial charge is 0.328 e. The van der Waals surface area contributed by atoms with Crippen LogP contribution in [0, 0.1) is 10.1 Å². The first-order chi connectivity index (χ1) is 25.8. The van der Waals surface area contributed by atoms with E-state index in [1.165, 1.54) is 7.11 Å². The molecule has 0 spiro atoms. The number of nitro benzene ring substituents is 1. The number of esters is 1. The number of urea groups is 1. The Bertz CT molecular complexity index is 1800. The van der Waals surface area contributed by atoms with E-state index in [1.807, 2.05) is 78.9 Å². The second-order valence-electron chi connectivity index (χ2n) is 13.2. The number of aliphatic hydroxyl groups excluding tert-OH is 1. The Labute approximate surface area is 308 Å². The fraction of sp³-hybridized carbons (Fsp3) is 0.350. The number of nitro groups is 1. The highest BCUT2D eigenvalue weighted by atomic mass is 16.7. The third-order valence-corrected chi connectivity index (χ3v) is 9.65. The largest absolute Gasteiger partial charge is 0.467 e. The van der Waals surface area contributed by atoms with Gasteiger partial charge in [-0.25, -0.2) is 9.59 Å². The van der Waals surface area contributed by atoms with Gasteiger partial charge in [0.1, 0.15) is 6.04 Å². The van der Waals surface area contributed by atoms with Crippen molar-refractivity contribution in [1.82, 2.24) is 15.5 Å². The van der Waals surface area contributed by atoms with Crippen LogP contribution in [0.4, 0.5) is 16.2 Å². The second kappa shape index (κ2) is 17.9. The highest BCUT2D eigenvalue weighted by Crippen LogP contribution is 2.38. The number of rotatable bonds is 13. The molecule has 0 aliphatic carbocycles. The molecule has 13 nitrogen and oxygen atoms in total. The van der Waals surface area contributed by atoms with Crippen LogP contribution in [-0.4, -0.2) is 78.9 Å². The van der Waals surface area contributed by atoms with Crippen LogP contribution >= 0.6 is 0 Å². The van der Waals surface area contributed by atoms with E-state index in [2.05, 4.69) is 20.4 Å². The van der Waals surface area contributed by atoms with Gasteiger partial charge >= 0.3 is 12.0 Å². The Morgan fingerprint density at radius 3 is 2.17 bits per heavy atom. The van der Waals surface area contributed by atoms with Crippen LogP contribution in [0.25, 0.3) is 0 Å². The number of carbonyl (C=O) groups is 2. The number of aliphatic hydroxyl groups is 1. The normalized spacial score (nSPS) is 19.6. The lowest BCUT2D eigenvalue weighted by molar-refractivity contribution is -0.384. The molecule has 278 valence electrons. The first-order valence-electron chi connectivity index (χ1n) is 17.7. The van der Waals surface area contributed by atoms with Crippen molar-refractivity contribution in [1.29, 1.82) is 0 Å². The van der Waals surface area contributed by atoms with Crippen LogP contribution in [0.2, 0.25) is 0 Å². The molecule has 2 fully saturated rings. The zero-order valence-corrected chi connectivity index (χ0v) is 29.6. The summed E-state index contributed by atoms with van der Waals surface area (Å²) >= 11 is 0. The summed E-state index contributed by atoms with van der Waals surface area (Å²) in [6.45, 7) is 4.15. The SMILES string of the molecule is COC(=O)[C@H](Cc1ccccc1)NC(=O)NCc1ccc([C@H]2O[C@@H](CN3CCN(c4ccc([N+](=O)[O-])cc4)CC3)C[C@@H](c3ccc(CO)cc3)O2)cc1. The van der Waals surface area contributed by atoms with E-state index in [0.29, 0.717) is 19.4 Å². The topological polar surface area (TPSA) is 156 Å². The van der Waals surface area contributed by atoms with Crippen molar-refractivity contribution in [3.8, 4) is 0 Å². The molecule has 4 aromatic rings. The highest BCUT2D eigenvalue weighted by Gasteiger charge is 2.34. The van der Waals surface area contributed by atoms with E-state index in [4.69, 9.17) is 14.2 Å². The van der Waals surface area contributed by atoms with Crippen LogP contribution in [0.5, 0.6) is 0 Å². The van der Waals surface area contributed by atoms with Gasteiger partial charge in [-0.3, -0.25) is 15.0 Å². The van der Waals surface area contributed by atoms with Crippen molar-refractivity contribution in [2.75, 3.05) is 44.7 Å². The van der Waals surface area contributed by atoms with Crippen LogP contribution in [0.3, 0.4) is 0 Å². The Morgan fingerprint density at radius 2 is 1.53 bits per heavy atom. The predicted octanol–water partition coefficient (Wildman–Crippen LogP) is 5.04. The number of nitrogens with one attached hydrogen (secondary N) is 2. The molecule has 4 atom stereocenters. The maximum absolute atomic E-state index is 12.8. The van der Waals surface area contributed by atoms with Gasteiger partial charge in [0.15, 0.2) is 6.29 Å². The van der Waals surface area contributed by atoms with Gasteiger partial charge in [0.2, 0.25) is 0 Å². The minimum atomic E-state index is -0.829. The van der Waals surface area contributed by atoms with Gasteiger partial charge in [0, 0.05) is 75.5 Å². The minimum absolute atomic E-state index is 0.0333. The lowest BCUT2D eigenvalue weighted by Crippen LogP contribution is -2.49. The van der Waals surface area contributed by atoms with Crippen molar-refractivity contribution in [2.45, 2.75) is 50.5 Å². The number of nitrogens with zero attached hydrogens (tertiary/aromatic N) is 3. The minimum Gasteiger partial charge on any atom is -0.467 e. The maximum Gasteiger partial charge on any atom is 0.328 e. The molecule has 0 unspecified atom stereocenters. The predicted molar refractivity (Wildman–Crippen MR) is 198 cm³/mol. The molecule has 2 aliphatic rings. The molecule has 13 heteroatoms. The van der Waals surface area contributed by atoms with E-state index in [1.54, 1.807) is 24.3 Å². The van der Waals surface area contributed by atoms with Gasteiger partial charge in [-0.2, -0.15) is 0 Å². The number of non-ortho nitro benzene ring substituents is 1. The summed E-state index contributed by atoms with van der Waals surface area (Å²) in [6, 6.07) is 30.3. The second-order valence-corrected chi connectivity index (χ2v) is 13.2. The maximum atomic E-state index is 12.8. The van der Waals surface area contributed by atoms with E-state index in [-0.39, 0.29) is 36.0 Å². The molecule has 53 heavy (non-hydrogen) atoms. The summed E-state index contributed by atoms with van der Waals surface area (Å²) in [6.07, 6.45) is -0.00158. The summed E-state index contributed by atoms with van der Waals surface area (Å²) in [4.78, 5) is 40.4. The number of ether oxygens (including phenoxy) is 3. The van der Waals surface area contributed by atoms with E-state index < -0.39 is 24.3 Å². The summed E-state index contributed by atoms with van der Waals surface area (Å²) in [5.74, 6) is -0.522. The van der Waals surface area contributed by atoms with Gasteiger partial charge in [-0.1, -0.05) is 78.9 Å². The summed E-state index contributed by atoms with van der Waals surface area (Å²) < 4.78 is 18.0. The number of piperazine rings is 1. The lowest BCUT2D eigenvalue weighted by Gasteiger charge is -2.41. The van der Waals surface area contributed by atoms with E-state index in [9.17, 15) is 24.8 Å². The van der Waals surface area contributed by atoms with Gasteiger partial charge in [0.05, 0.1) is 30.8 Å². The Hall–Kier alpha value is -5.34. The van der Waals surface area contributed by atoms with Crippen LogP contribution in [0.1, 0.15) is 46.6 Å². The van der Waals surface area contributed by atoms with Crippen molar-refractivity contribution in [3.05, 3.63) is 141 Å². The van der Waals surface area contributed by atoms with Gasteiger partial charge in [0.25, 0.3) is 5.69 Å². The molecule has 0 bridgehead atoms. The third kappa shape index (κ3) is 10.2. The monoisotopic (exact) mass is 723 g/mol. The van der Waals surface area contributed by atoms with E-state index in [0.717, 1.165) is 59.7 Å². The van der Waals surface area contributed by atoms with Crippen molar-refractivity contribution in [2.24, 2.45) is 0 Å². The fourth-order valence-corrected chi connectivity index (χ4v) is 6.66. The average molecular weight is 724 g/mol. The number of anilines is 1. The summed E-state index contributed by atoms with van der Waals surface area (Å²) in [7, 11) is 1.30. The molecular formula is C40H45N5O8. The van der Waals surface area contributed by atoms with Gasteiger partial charge in [-0.15, -0.1) is 0 Å². The Balaban J connectivity index is 1.07. The number of benzene rings is 4. The van der Waals surface area contributed by atoms with Crippen LogP contribution in [-0.2, 0) is 38.6 Å². The molecule has 0 saturated carbocycles. The average Bonchev–Trinajstić information content (AvgIpc) is 3.20. The molecule has 3 N–H and O–H groups in total. The fourth-order valence-electron chi connectivity index (χ4n) is 6.66. The molecule has 4 aromatic carbocycles. The lowest BCUT2D eigenvalue weighted by atomic mass is 9.99. The number of hydrogen-bond acceptors (Lipinski definition) is 10. The van der Waals surface area contributed by atoms with Crippen LogP contribution in [0.15, 0.2) is 103 Å². The van der Waals surface area contributed by atoms with Gasteiger partial charge in [-0.05, 0) is 34.4 Å². The first-order valence-corrected chi connectivity index (χ1v) is 17.7. The molecule has 6 rings (SSSR count). The summed E-state index contributed by atoms with van der Waals surface area (Å²) in [5, 5.41) is 26.2. The standard InChI is InChI=1S/C40H45N5O8/c1-51-38(47)36(23-28-5-3-2-4-6-28)42-40(48)41-25-29-7-13-32(14-8-29)39-52-35(24-37(53-39)31-11-9-30(27-46)10-12-31)26-43-19-21-44(22-20-43)33-15-17-34(18-16-33)45(49)50/h2-18,35-37,39,46H,19-27H2,1H3,(H2,41,42,48)/t35-,36+,37+,39+/m1/s1. The first kappa shape index (κ1) is 37.4. The molecule has 2 heterocycles. The van der Waals surface area contributed by atoms with Crippen molar-refractivity contribution >= 4 is 23.4 Å². The molecule has 2 amide bonds. The number of amides is 2. The molecule has 2 aliphatic heterocycles. The molecule has 0 aromatic heterocycles. The molecule has 0 radical (unpaired) electrons. The Morgan fingerprint density at radius 1 is 0.868 bits per heavy atom. The molecule has 2 saturated heterocycles. The van der Waals surface area contributed by atoms with E-state index >= 15 is 0 Å². The quantitative estimate of drug-likeness (QED) is 0.0971. The van der Waals surface area contributed by atoms with Crippen molar-refractivity contribution < 1.29 is 33.8 Å². The van der Waals surface area contributed by atoms with Gasteiger partial charge < -0.3 is 34.9 Å². The third-order valence-electron chi connectivity index (χ3n) is 9.65. The zero-order chi connectivity index (χ0) is 37.2. The number of hydrogen-bond donors (Lipinski definition) is 3. The number of methoxy groups -OCH3 is 1. The zero-order valence-electron chi connectivity index (χ0n) is 29.6. The van der Waals surface area contributed by atoms with Crippen LogP contribution < -0.4 is 15.5 Å². The summed E-state index contributed by atoms with van der Waals surface area (Å²) in [5.41, 5.74) is 5.49. The number of carbonyl (C=O) groups excluding carboxylic acids is 2. The molecular weight excluding hydrogens is 678 g/mol. The highest BCUT2D eigenvalue weighted by molar-refractivity contribution is 5.83.